The number of halogens is 1. The number of hydrogen-bond acceptors (Lipinski definition) is 5. The van der Waals surface area contributed by atoms with Gasteiger partial charge in [-0.15, -0.1) is 0 Å². The lowest BCUT2D eigenvalue weighted by molar-refractivity contribution is 0.0172. The molecule has 1 amide bonds. The fourth-order valence-corrected chi connectivity index (χ4v) is 2.70. The van der Waals surface area contributed by atoms with Crippen LogP contribution in [0.2, 0.25) is 5.02 Å². The molecule has 0 aliphatic carbocycles. The Hall–Kier alpha value is -2.47. The van der Waals surface area contributed by atoms with Crippen LogP contribution in [0, 0.1) is 6.92 Å². The molecule has 1 aliphatic heterocycles. The summed E-state index contributed by atoms with van der Waals surface area (Å²) < 4.78 is 15.8. The van der Waals surface area contributed by atoms with Gasteiger partial charge < -0.3 is 18.8 Å². The van der Waals surface area contributed by atoms with Crippen LogP contribution < -0.4 is 15.1 Å². The molecule has 1 saturated heterocycles. The highest BCUT2D eigenvalue weighted by Gasteiger charge is 2.34. The molecule has 2 aromatic rings. The summed E-state index contributed by atoms with van der Waals surface area (Å²) in [6, 6.07) is 7.85. The lowest BCUT2D eigenvalue weighted by Gasteiger charge is -2.39. The van der Waals surface area contributed by atoms with Gasteiger partial charge in [-0.05, 0) is 25.1 Å². The zero-order valence-electron chi connectivity index (χ0n) is 13.2. The van der Waals surface area contributed by atoms with Gasteiger partial charge in [-0.25, -0.2) is 4.79 Å². The number of amides is 1. The summed E-state index contributed by atoms with van der Waals surface area (Å²) in [7, 11) is 1.51. The maximum absolute atomic E-state index is 12.5. The van der Waals surface area contributed by atoms with Gasteiger partial charge in [0.2, 0.25) is 0 Å². The third-order valence-electron chi connectivity index (χ3n) is 3.70. The number of hydrogen-bond donors (Lipinski definition) is 0. The Balaban J connectivity index is 1.65. The van der Waals surface area contributed by atoms with Crippen molar-refractivity contribution in [1.82, 2.24) is 4.90 Å². The number of nitrogens with zero attached hydrogens (tertiary/aromatic N) is 1. The smallest absolute Gasteiger partial charge is 0.339 e. The molecule has 0 atom stereocenters. The van der Waals surface area contributed by atoms with Gasteiger partial charge in [0.1, 0.15) is 23.4 Å². The van der Waals surface area contributed by atoms with Gasteiger partial charge >= 0.3 is 5.63 Å². The predicted molar refractivity (Wildman–Crippen MR) is 88.0 cm³/mol. The Morgan fingerprint density at radius 1 is 1.29 bits per heavy atom. The minimum Gasteiger partial charge on any atom is -0.496 e. The highest BCUT2D eigenvalue weighted by Crippen LogP contribution is 2.26. The number of ether oxygens (including phenoxy) is 2. The van der Waals surface area contributed by atoms with Crippen LogP contribution in [-0.2, 0) is 0 Å². The van der Waals surface area contributed by atoms with Gasteiger partial charge in [0.05, 0.1) is 31.8 Å². The number of benzene rings is 1. The molecule has 126 valence electrons. The first-order valence-electron chi connectivity index (χ1n) is 7.37. The number of carbonyl (C=O) groups excluding carboxylic acids is 1. The third-order valence-corrected chi connectivity index (χ3v) is 3.93. The first-order valence-corrected chi connectivity index (χ1v) is 7.75. The van der Waals surface area contributed by atoms with E-state index in [1.165, 1.54) is 13.2 Å². The quantitative estimate of drug-likeness (QED) is 0.848. The second-order valence-electron chi connectivity index (χ2n) is 5.52. The van der Waals surface area contributed by atoms with Crippen molar-refractivity contribution in [3.63, 3.8) is 0 Å². The van der Waals surface area contributed by atoms with Crippen molar-refractivity contribution in [2.75, 3.05) is 20.2 Å². The van der Waals surface area contributed by atoms with E-state index in [4.69, 9.17) is 25.5 Å². The Bertz CT molecular complexity index is 826. The van der Waals surface area contributed by atoms with E-state index in [-0.39, 0.29) is 12.0 Å². The van der Waals surface area contributed by atoms with Crippen molar-refractivity contribution in [1.29, 1.82) is 0 Å². The molecule has 2 heterocycles. The number of aryl methyl sites for hydroxylation is 1. The van der Waals surface area contributed by atoms with Crippen molar-refractivity contribution in [2.24, 2.45) is 0 Å². The first kappa shape index (κ1) is 16.4. The molecule has 1 aromatic heterocycles. The van der Waals surface area contributed by atoms with Crippen LogP contribution in [0.3, 0.4) is 0 Å². The topological polar surface area (TPSA) is 69.0 Å². The second kappa shape index (κ2) is 6.57. The lowest BCUT2D eigenvalue weighted by atomic mass is 10.1. The number of rotatable bonds is 4. The van der Waals surface area contributed by atoms with E-state index < -0.39 is 5.63 Å². The molecule has 3 rings (SSSR count). The van der Waals surface area contributed by atoms with Gasteiger partial charge in [0.25, 0.3) is 5.91 Å². The van der Waals surface area contributed by atoms with E-state index in [0.717, 1.165) is 0 Å². The summed E-state index contributed by atoms with van der Waals surface area (Å²) in [6.07, 6.45) is -0.166. The summed E-state index contributed by atoms with van der Waals surface area (Å²) in [6.45, 7) is 2.53. The molecular formula is C17H16ClNO5. The van der Waals surface area contributed by atoms with Crippen molar-refractivity contribution in [2.45, 2.75) is 13.0 Å². The Morgan fingerprint density at radius 3 is 2.71 bits per heavy atom. The normalized spacial score (nSPS) is 14.2. The van der Waals surface area contributed by atoms with Gasteiger partial charge in [0, 0.05) is 11.1 Å². The van der Waals surface area contributed by atoms with Crippen LogP contribution in [-0.4, -0.2) is 37.1 Å². The van der Waals surface area contributed by atoms with Gasteiger partial charge in [-0.2, -0.15) is 0 Å². The molecule has 0 N–H and O–H groups in total. The third kappa shape index (κ3) is 3.38. The summed E-state index contributed by atoms with van der Waals surface area (Å²) in [5.74, 6) is 1.23. The highest BCUT2D eigenvalue weighted by atomic mass is 35.5. The molecule has 1 aromatic carbocycles. The van der Waals surface area contributed by atoms with Crippen molar-refractivity contribution >= 4 is 17.5 Å². The molecule has 1 fully saturated rings. The van der Waals surface area contributed by atoms with Crippen LogP contribution >= 0.6 is 11.6 Å². The van der Waals surface area contributed by atoms with Gasteiger partial charge in [0.15, 0.2) is 0 Å². The molecule has 6 nitrogen and oxygen atoms in total. The molecule has 0 spiro atoms. The molecule has 7 heteroatoms. The van der Waals surface area contributed by atoms with Crippen molar-refractivity contribution in [3.8, 4) is 11.5 Å². The first-order chi connectivity index (χ1) is 11.5. The maximum atomic E-state index is 12.5. The van der Waals surface area contributed by atoms with Crippen LogP contribution in [0.1, 0.15) is 16.1 Å². The zero-order valence-corrected chi connectivity index (χ0v) is 14.0. The van der Waals surface area contributed by atoms with Crippen LogP contribution in [0.5, 0.6) is 11.5 Å². The molecule has 0 radical (unpaired) electrons. The standard InChI is InChI=1S/C17H16ClNO5/c1-10-5-12(7-16(20)23-10)24-13-8-19(9-13)17(21)14-6-11(18)3-4-15(14)22-2/h3-7,13H,8-9H2,1-2H3. The maximum Gasteiger partial charge on any atom is 0.339 e. The molecule has 0 saturated carbocycles. The molecule has 0 bridgehead atoms. The number of methoxy groups -OCH3 is 1. The zero-order chi connectivity index (χ0) is 17.3. The predicted octanol–water partition coefficient (Wildman–Crippen LogP) is 2.51. The van der Waals surface area contributed by atoms with Gasteiger partial charge in [-0.1, -0.05) is 11.6 Å². The van der Waals surface area contributed by atoms with Crippen LogP contribution in [0.4, 0.5) is 0 Å². The average molecular weight is 350 g/mol. The van der Waals surface area contributed by atoms with Crippen molar-refractivity contribution < 1.29 is 18.7 Å². The molecule has 0 unspecified atom stereocenters. The summed E-state index contributed by atoms with van der Waals surface area (Å²) in [4.78, 5) is 25.5. The Labute approximate surface area is 143 Å². The summed E-state index contributed by atoms with van der Waals surface area (Å²) in [5, 5.41) is 0.471. The van der Waals surface area contributed by atoms with E-state index in [1.807, 2.05) is 0 Å². The minimum absolute atomic E-state index is 0.166. The highest BCUT2D eigenvalue weighted by molar-refractivity contribution is 6.31. The van der Waals surface area contributed by atoms with Gasteiger partial charge in [-0.3, -0.25) is 4.79 Å². The summed E-state index contributed by atoms with van der Waals surface area (Å²) in [5.41, 5.74) is -0.0411. The second-order valence-corrected chi connectivity index (χ2v) is 5.95. The van der Waals surface area contributed by atoms with E-state index in [0.29, 0.717) is 40.9 Å². The lowest BCUT2D eigenvalue weighted by Crippen LogP contribution is -2.56. The van der Waals surface area contributed by atoms with Crippen LogP contribution in [0.25, 0.3) is 0 Å². The SMILES string of the molecule is COc1ccc(Cl)cc1C(=O)N1CC(Oc2cc(C)oc(=O)c2)C1. The fourth-order valence-electron chi connectivity index (χ4n) is 2.53. The van der Waals surface area contributed by atoms with E-state index in [9.17, 15) is 9.59 Å². The summed E-state index contributed by atoms with van der Waals surface area (Å²) >= 11 is 5.96. The molecule has 1 aliphatic rings. The number of likely N-dealkylation sites (tertiary alicyclic amines) is 1. The Kier molecular flexibility index (Phi) is 4.49. The van der Waals surface area contributed by atoms with Crippen LogP contribution in [0.15, 0.2) is 39.5 Å². The van der Waals surface area contributed by atoms with E-state index in [2.05, 4.69) is 0 Å². The Morgan fingerprint density at radius 2 is 2.04 bits per heavy atom. The number of carbonyl (C=O) groups is 1. The largest absolute Gasteiger partial charge is 0.496 e. The fraction of sp³-hybridized carbons (Fsp3) is 0.294. The van der Waals surface area contributed by atoms with E-state index >= 15 is 0 Å². The van der Waals surface area contributed by atoms with E-state index in [1.54, 1.807) is 36.1 Å². The molecule has 24 heavy (non-hydrogen) atoms. The molecular weight excluding hydrogens is 334 g/mol. The van der Waals surface area contributed by atoms with Crippen molar-refractivity contribution in [3.05, 3.63) is 57.1 Å². The monoisotopic (exact) mass is 349 g/mol. The minimum atomic E-state index is -0.457. The average Bonchev–Trinajstić information content (AvgIpc) is 2.49.